The number of carbonyl (C=O) groups is 1. The molecule has 1 aromatic carbocycles. The van der Waals surface area contributed by atoms with Crippen LogP contribution in [0.1, 0.15) is 13.8 Å². The summed E-state index contributed by atoms with van der Waals surface area (Å²) in [5, 5.41) is 12.4. The number of rotatable bonds is 3. The van der Waals surface area contributed by atoms with E-state index in [4.69, 9.17) is 9.47 Å². The van der Waals surface area contributed by atoms with Gasteiger partial charge < -0.3 is 24.8 Å². The molecule has 2 amide bonds. The summed E-state index contributed by atoms with van der Waals surface area (Å²) in [5.74, 6) is 1.35. The molecule has 7 heteroatoms. The highest BCUT2D eigenvalue weighted by Crippen LogP contribution is 2.34. The summed E-state index contributed by atoms with van der Waals surface area (Å²) in [6.07, 6.45) is -0.351. The molecule has 1 saturated heterocycles. The topological polar surface area (TPSA) is 74.3 Å². The van der Waals surface area contributed by atoms with E-state index in [-0.39, 0.29) is 25.0 Å². The highest BCUT2D eigenvalue weighted by Gasteiger charge is 2.28. The van der Waals surface area contributed by atoms with Gasteiger partial charge >= 0.3 is 6.03 Å². The maximum Gasteiger partial charge on any atom is 0.322 e. The van der Waals surface area contributed by atoms with Crippen LogP contribution in [0.3, 0.4) is 0 Å². The summed E-state index contributed by atoms with van der Waals surface area (Å²) in [7, 11) is 0. The number of hydrogen-bond acceptors (Lipinski definition) is 5. The lowest BCUT2D eigenvalue weighted by Crippen LogP contribution is -2.56. The van der Waals surface area contributed by atoms with E-state index in [1.54, 1.807) is 25.1 Å². The maximum atomic E-state index is 12.5. The SMILES string of the molecule is C[C@H](O)CN1CCN(C(=O)Nc2ccc3c(c2)OCO3)[C@@H](C)C1. The minimum Gasteiger partial charge on any atom is -0.454 e. The average Bonchev–Trinajstić information content (AvgIpc) is 2.94. The second-order valence-corrected chi connectivity index (χ2v) is 6.15. The molecule has 0 spiro atoms. The molecule has 0 aliphatic carbocycles. The van der Waals surface area contributed by atoms with Crippen LogP contribution in [-0.4, -0.2) is 66.1 Å². The molecule has 2 heterocycles. The van der Waals surface area contributed by atoms with Crippen LogP contribution in [-0.2, 0) is 0 Å². The minimum atomic E-state index is -0.351. The Balaban J connectivity index is 1.58. The Morgan fingerprint density at radius 1 is 1.39 bits per heavy atom. The van der Waals surface area contributed by atoms with E-state index in [0.29, 0.717) is 30.3 Å². The van der Waals surface area contributed by atoms with Crippen LogP contribution in [0, 0.1) is 0 Å². The van der Waals surface area contributed by atoms with Crippen molar-refractivity contribution in [3.05, 3.63) is 18.2 Å². The van der Waals surface area contributed by atoms with Crippen LogP contribution in [0.15, 0.2) is 18.2 Å². The molecule has 1 fully saturated rings. The van der Waals surface area contributed by atoms with Crippen molar-refractivity contribution in [1.82, 2.24) is 9.80 Å². The summed E-state index contributed by atoms with van der Waals surface area (Å²) >= 11 is 0. The van der Waals surface area contributed by atoms with Crippen LogP contribution in [0.4, 0.5) is 10.5 Å². The number of carbonyl (C=O) groups excluding carboxylic acids is 1. The zero-order valence-electron chi connectivity index (χ0n) is 13.5. The molecule has 23 heavy (non-hydrogen) atoms. The fraction of sp³-hybridized carbons (Fsp3) is 0.562. The molecule has 0 saturated carbocycles. The van der Waals surface area contributed by atoms with Gasteiger partial charge in [0.05, 0.1) is 6.10 Å². The van der Waals surface area contributed by atoms with E-state index in [1.165, 1.54) is 0 Å². The number of nitrogens with zero attached hydrogens (tertiary/aromatic N) is 2. The predicted octanol–water partition coefficient (Wildman–Crippen LogP) is 1.33. The number of piperazine rings is 1. The first kappa shape index (κ1) is 15.9. The number of aliphatic hydroxyl groups is 1. The minimum absolute atomic E-state index is 0.0940. The van der Waals surface area contributed by atoms with Gasteiger partial charge in [0.15, 0.2) is 11.5 Å². The molecule has 1 aromatic rings. The summed E-state index contributed by atoms with van der Waals surface area (Å²) in [5.41, 5.74) is 0.692. The normalized spacial score (nSPS) is 22.0. The third-order valence-corrected chi connectivity index (χ3v) is 4.12. The molecular formula is C16H23N3O4. The number of fused-ring (bicyclic) bond motifs is 1. The van der Waals surface area contributed by atoms with E-state index in [9.17, 15) is 9.90 Å². The van der Waals surface area contributed by atoms with Crippen LogP contribution < -0.4 is 14.8 Å². The molecule has 3 rings (SSSR count). The first-order valence-electron chi connectivity index (χ1n) is 7.90. The van der Waals surface area contributed by atoms with Gasteiger partial charge in [-0.3, -0.25) is 4.90 Å². The standard InChI is InChI=1S/C16H23N3O4/c1-11-8-18(9-12(2)20)5-6-19(11)16(21)17-13-3-4-14-15(7-13)23-10-22-14/h3-4,7,11-12,20H,5-6,8-10H2,1-2H3,(H,17,21)/t11-,12-/m0/s1. The quantitative estimate of drug-likeness (QED) is 0.879. The molecule has 0 radical (unpaired) electrons. The third-order valence-electron chi connectivity index (χ3n) is 4.12. The first-order valence-corrected chi connectivity index (χ1v) is 7.90. The Kier molecular flexibility index (Phi) is 4.58. The van der Waals surface area contributed by atoms with Crippen molar-refractivity contribution in [3.63, 3.8) is 0 Å². The fourth-order valence-corrected chi connectivity index (χ4v) is 3.04. The number of benzene rings is 1. The molecule has 2 aliphatic rings. The highest BCUT2D eigenvalue weighted by molar-refractivity contribution is 5.90. The molecule has 0 unspecified atom stereocenters. The number of hydrogen-bond donors (Lipinski definition) is 2. The van der Waals surface area contributed by atoms with Crippen molar-refractivity contribution >= 4 is 11.7 Å². The second kappa shape index (κ2) is 6.64. The van der Waals surface area contributed by atoms with Crippen LogP contribution in [0.2, 0.25) is 0 Å². The summed E-state index contributed by atoms with van der Waals surface area (Å²) in [6, 6.07) is 5.35. The van der Waals surface area contributed by atoms with E-state index in [0.717, 1.165) is 13.1 Å². The van der Waals surface area contributed by atoms with Gasteiger partial charge in [-0.25, -0.2) is 4.79 Å². The summed E-state index contributed by atoms with van der Waals surface area (Å²) in [6.45, 7) is 6.83. The van der Waals surface area contributed by atoms with Gasteiger partial charge in [0.25, 0.3) is 0 Å². The van der Waals surface area contributed by atoms with Gasteiger partial charge in [0.2, 0.25) is 6.79 Å². The molecule has 126 valence electrons. The van der Waals surface area contributed by atoms with Crippen molar-refractivity contribution in [2.75, 3.05) is 38.3 Å². The molecule has 0 bridgehead atoms. The largest absolute Gasteiger partial charge is 0.454 e. The lowest BCUT2D eigenvalue weighted by molar-refractivity contribution is 0.0692. The van der Waals surface area contributed by atoms with Crippen LogP contribution in [0.25, 0.3) is 0 Å². The third kappa shape index (κ3) is 3.68. The number of anilines is 1. The van der Waals surface area contributed by atoms with Crippen molar-refractivity contribution in [2.45, 2.75) is 26.0 Å². The van der Waals surface area contributed by atoms with E-state index >= 15 is 0 Å². The second-order valence-electron chi connectivity index (χ2n) is 6.15. The van der Waals surface area contributed by atoms with Gasteiger partial charge in [0, 0.05) is 44.0 Å². The average molecular weight is 321 g/mol. The summed E-state index contributed by atoms with van der Waals surface area (Å²) < 4.78 is 10.6. The Bertz CT molecular complexity index is 578. The van der Waals surface area contributed by atoms with Crippen LogP contribution in [0.5, 0.6) is 11.5 Å². The smallest absolute Gasteiger partial charge is 0.322 e. The predicted molar refractivity (Wildman–Crippen MR) is 85.9 cm³/mol. The Morgan fingerprint density at radius 3 is 2.91 bits per heavy atom. The zero-order valence-corrected chi connectivity index (χ0v) is 13.5. The lowest BCUT2D eigenvalue weighted by Gasteiger charge is -2.40. The molecular weight excluding hydrogens is 298 g/mol. The van der Waals surface area contributed by atoms with Gasteiger partial charge in [-0.05, 0) is 26.0 Å². The molecule has 7 nitrogen and oxygen atoms in total. The Labute approximate surface area is 135 Å². The fourth-order valence-electron chi connectivity index (χ4n) is 3.04. The highest BCUT2D eigenvalue weighted by atomic mass is 16.7. The molecule has 2 aliphatic heterocycles. The van der Waals surface area contributed by atoms with Crippen molar-refractivity contribution < 1.29 is 19.4 Å². The molecule has 2 atom stereocenters. The maximum absolute atomic E-state index is 12.5. The number of β-amino-alcohol motifs (C(OH)–C–C–N with tert-alkyl or cyclic N) is 1. The van der Waals surface area contributed by atoms with Gasteiger partial charge in [0.1, 0.15) is 0 Å². The number of nitrogens with one attached hydrogen (secondary N) is 1. The number of urea groups is 1. The number of ether oxygens (including phenoxy) is 2. The van der Waals surface area contributed by atoms with Gasteiger partial charge in [-0.2, -0.15) is 0 Å². The van der Waals surface area contributed by atoms with Gasteiger partial charge in [-0.15, -0.1) is 0 Å². The van der Waals surface area contributed by atoms with E-state index in [1.807, 2.05) is 11.8 Å². The monoisotopic (exact) mass is 321 g/mol. The first-order chi connectivity index (χ1) is 11.0. The van der Waals surface area contributed by atoms with Crippen LogP contribution >= 0.6 is 0 Å². The number of amides is 2. The molecule has 0 aromatic heterocycles. The summed E-state index contributed by atoms with van der Waals surface area (Å²) in [4.78, 5) is 16.5. The van der Waals surface area contributed by atoms with E-state index in [2.05, 4.69) is 10.2 Å². The van der Waals surface area contributed by atoms with Gasteiger partial charge in [-0.1, -0.05) is 0 Å². The lowest BCUT2D eigenvalue weighted by atomic mass is 10.2. The molecule has 2 N–H and O–H groups in total. The van der Waals surface area contributed by atoms with Crippen molar-refractivity contribution in [1.29, 1.82) is 0 Å². The van der Waals surface area contributed by atoms with Crippen molar-refractivity contribution in [3.8, 4) is 11.5 Å². The zero-order chi connectivity index (χ0) is 16.4. The van der Waals surface area contributed by atoms with E-state index < -0.39 is 0 Å². The Morgan fingerprint density at radius 2 is 2.17 bits per heavy atom. The Hall–Kier alpha value is -1.99. The number of aliphatic hydroxyl groups excluding tert-OH is 1. The van der Waals surface area contributed by atoms with Crippen molar-refractivity contribution in [2.24, 2.45) is 0 Å².